The minimum absolute atomic E-state index is 0.0254. The number of benzene rings is 1. The molecule has 1 unspecified atom stereocenters. The van der Waals surface area contributed by atoms with Crippen LogP contribution in [0.25, 0.3) is 0 Å². The van der Waals surface area contributed by atoms with E-state index in [1.54, 1.807) is 6.08 Å². The average molecular weight is 230 g/mol. The zero-order valence-corrected chi connectivity index (χ0v) is 9.64. The monoisotopic (exact) mass is 230 g/mol. The van der Waals surface area contributed by atoms with Gasteiger partial charge in [0.25, 0.3) is 0 Å². The molecule has 0 bridgehead atoms. The van der Waals surface area contributed by atoms with Gasteiger partial charge in [-0.1, -0.05) is 30.3 Å². The maximum Gasteiger partial charge on any atom is 0.110 e. The molecule has 0 radical (unpaired) electrons. The second-order valence-corrected chi connectivity index (χ2v) is 4.39. The van der Waals surface area contributed by atoms with E-state index in [1.807, 2.05) is 35.2 Å². The third kappa shape index (κ3) is 3.40. The van der Waals surface area contributed by atoms with Gasteiger partial charge in [-0.25, -0.2) is 4.39 Å². The van der Waals surface area contributed by atoms with Crippen molar-refractivity contribution in [3.8, 4) is 6.07 Å². The van der Waals surface area contributed by atoms with Crippen molar-refractivity contribution in [3.63, 3.8) is 0 Å². The molecule has 2 rings (SSSR count). The SMILES string of the molecule is N#CCC1C=C(F)CN(Cc2ccccc2)C1. The van der Waals surface area contributed by atoms with Crippen molar-refractivity contribution in [2.45, 2.75) is 13.0 Å². The molecule has 0 N–H and O–H groups in total. The van der Waals surface area contributed by atoms with E-state index in [4.69, 9.17) is 5.26 Å². The number of hydrogen-bond acceptors (Lipinski definition) is 2. The van der Waals surface area contributed by atoms with E-state index in [0.29, 0.717) is 13.0 Å². The Hall–Kier alpha value is -1.66. The minimum atomic E-state index is -0.118. The third-order valence-electron chi connectivity index (χ3n) is 2.89. The summed E-state index contributed by atoms with van der Waals surface area (Å²) in [6, 6.07) is 12.1. The van der Waals surface area contributed by atoms with Crippen molar-refractivity contribution in [2.75, 3.05) is 13.1 Å². The van der Waals surface area contributed by atoms with Gasteiger partial charge in [-0.05, 0) is 11.6 Å². The molecule has 88 valence electrons. The summed E-state index contributed by atoms with van der Waals surface area (Å²) in [5, 5.41) is 8.66. The molecule has 1 heterocycles. The predicted molar refractivity (Wildman–Crippen MR) is 64.6 cm³/mol. The van der Waals surface area contributed by atoms with Gasteiger partial charge in [-0.15, -0.1) is 0 Å². The number of halogens is 1. The second kappa shape index (κ2) is 5.60. The highest BCUT2D eigenvalue weighted by atomic mass is 19.1. The molecule has 1 aliphatic heterocycles. The van der Waals surface area contributed by atoms with Crippen LogP contribution >= 0.6 is 0 Å². The molecule has 2 nitrogen and oxygen atoms in total. The molecule has 0 aromatic heterocycles. The Morgan fingerprint density at radius 3 is 2.82 bits per heavy atom. The van der Waals surface area contributed by atoms with Crippen molar-refractivity contribution < 1.29 is 4.39 Å². The molecule has 1 aromatic carbocycles. The minimum Gasteiger partial charge on any atom is -0.292 e. The van der Waals surface area contributed by atoms with Gasteiger partial charge < -0.3 is 0 Å². The fourth-order valence-electron chi connectivity index (χ4n) is 2.17. The third-order valence-corrected chi connectivity index (χ3v) is 2.89. The lowest BCUT2D eigenvalue weighted by molar-refractivity contribution is 0.224. The Kier molecular flexibility index (Phi) is 3.89. The fraction of sp³-hybridized carbons (Fsp3) is 0.357. The van der Waals surface area contributed by atoms with Gasteiger partial charge in [0, 0.05) is 25.4 Å². The molecule has 0 fully saturated rings. The maximum atomic E-state index is 13.4. The van der Waals surface area contributed by atoms with E-state index < -0.39 is 0 Å². The van der Waals surface area contributed by atoms with E-state index in [-0.39, 0.29) is 11.7 Å². The van der Waals surface area contributed by atoms with Crippen LogP contribution in [0.5, 0.6) is 0 Å². The molecule has 0 spiro atoms. The van der Waals surface area contributed by atoms with Crippen LogP contribution in [-0.4, -0.2) is 18.0 Å². The second-order valence-electron chi connectivity index (χ2n) is 4.39. The fourth-order valence-corrected chi connectivity index (χ4v) is 2.17. The van der Waals surface area contributed by atoms with Crippen molar-refractivity contribution in [1.82, 2.24) is 4.90 Å². The van der Waals surface area contributed by atoms with Crippen molar-refractivity contribution in [1.29, 1.82) is 5.26 Å². The topological polar surface area (TPSA) is 27.0 Å². The summed E-state index contributed by atoms with van der Waals surface area (Å²) in [4.78, 5) is 2.05. The van der Waals surface area contributed by atoms with Crippen molar-refractivity contribution >= 4 is 0 Å². The first-order chi connectivity index (χ1) is 8.28. The van der Waals surface area contributed by atoms with Crippen molar-refractivity contribution in [2.24, 2.45) is 5.92 Å². The number of nitrogens with zero attached hydrogens (tertiary/aromatic N) is 2. The zero-order chi connectivity index (χ0) is 12.1. The van der Waals surface area contributed by atoms with Crippen LogP contribution in [0, 0.1) is 17.2 Å². The molecular weight excluding hydrogens is 215 g/mol. The van der Waals surface area contributed by atoms with Crippen LogP contribution in [0.4, 0.5) is 4.39 Å². The van der Waals surface area contributed by atoms with Crippen LogP contribution in [0.15, 0.2) is 42.2 Å². The van der Waals surface area contributed by atoms with Gasteiger partial charge in [0.15, 0.2) is 0 Å². The van der Waals surface area contributed by atoms with Crippen LogP contribution in [-0.2, 0) is 6.54 Å². The van der Waals surface area contributed by atoms with Crippen LogP contribution < -0.4 is 0 Å². The summed E-state index contributed by atoms with van der Waals surface area (Å²) >= 11 is 0. The number of hydrogen-bond donors (Lipinski definition) is 0. The highest BCUT2D eigenvalue weighted by molar-refractivity contribution is 5.15. The first kappa shape index (κ1) is 11.8. The Labute approximate surface area is 101 Å². The maximum absolute atomic E-state index is 13.4. The molecule has 0 aliphatic carbocycles. The summed E-state index contributed by atoms with van der Waals surface area (Å²) in [5.74, 6) is -0.0927. The van der Waals surface area contributed by atoms with Crippen LogP contribution in [0.3, 0.4) is 0 Å². The Balaban J connectivity index is 1.99. The van der Waals surface area contributed by atoms with E-state index >= 15 is 0 Å². The van der Waals surface area contributed by atoms with E-state index in [2.05, 4.69) is 6.07 Å². The predicted octanol–water partition coefficient (Wildman–Crippen LogP) is 2.89. The summed E-state index contributed by atoms with van der Waals surface area (Å²) in [6.45, 7) is 1.86. The van der Waals surface area contributed by atoms with E-state index in [0.717, 1.165) is 13.1 Å². The summed E-state index contributed by atoms with van der Waals surface area (Å²) in [7, 11) is 0. The standard InChI is InChI=1S/C14H15FN2/c15-14-8-13(6-7-16)10-17(11-14)9-12-4-2-1-3-5-12/h1-5,8,13H,6,9-11H2. The Bertz CT molecular complexity index is 433. The van der Waals surface area contributed by atoms with Gasteiger partial charge in [0.2, 0.25) is 0 Å². The Morgan fingerprint density at radius 2 is 2.12 bits per heavy atom. The van der Waals surface area contributed by atoms with Gasteiger partial charge in [0.1, 0.15) is 5.83 Å². The highest BCUT2D eigenvalue weighted by Gasteiger charge is 2.20. The van der Waals surface area contributed by atoms with Gasteiger partial charge in [-0.2, -0.15) is 5.26 Å². The first-order valence-corrected chi connectivity index (χ1v) is 5.77. The zero-order valence-electron chi connectivity index (χ0n) is 9.64. The summed E-state index contributed by atoms with van der Waals surface area (Å²) < 4.78 is 13.4. The molecule has 1 aromatic rings. The van der Waals surface area contributed by atoms with Gasteiger partial charge in [0.05, 0.1) is 12.6 Å². The molecule has 0 saturated heterocycles. The normalized spacial score (nSPS) is 20.7. The summed E-state index contributed by atoms with van der Waals surface area (Å²) in [5.41, 5.74) is 1.18. The molecular formula is C14H15FN2. The van der Waals surface area contributed by atoms with Crippen LogP contribution in [0.1, 0.15) is 12.0 Å². The molecule has 17 heavy (non-hydrogen) atoms. The highest BCUT2D eigenvalue weighted by Crippen LogP contribution is 2.20. The lowest BCUT2D eigenvalue weighted by Crippen LogP contribution is -2.33. The molecule has 3 heteroatoms. The summed E-state index contributed by atoms with van der Waals surface area (Å²) in [6.07, 6.45) is 1.98. The quantitative estimate of drug-likeness (QED) is 0.798. The van der Waals surface area contributed by atoms with E-state index in [9.17, 15) is 4.39 Å². The van der Waals surface area contributed by atoms with Crippen LogP contribution in [0.2, 0.25) is 0 Å². The molecule has 1 aliphatic rings. The largest absolute Gasteiger partial charge is 0.292 e. The smallest absolute Gasteiger partial charge is 0.110 e. The molecule has 0 saturated carbocycles. The van der Waals surface area contributed by atoms with E-state index in [1.165, 1.54) is 5.56 Å². The lowest BCUT2D eigenvalue weighted by Gasteiger charge is -2.28. The number of nitriles is 1. The van der Waals surface area contributed by atoms with Gasteiger partial charge >= 0.3 is 0 Å². The number of rotatable bonds is 3. The molecule has 1 atom stereocenters. The Morgan fingerprint density at radius 1 is 1.35 bits per heavy atom. The van der Waals surface area contributed by atoms with Crippen molar-refractivity contribution in [3.05, 3.63) is 47.8 Å². The van der Waals surface area contributed by atoms with Gasteiger partial charge in [-0.3, -0.25) is 4.90 Å². The average Bonchev–Trinajstić information content (AvgIpc) is 2.30. The molecule has 0 amide bonds. The first-order valence-electron chi connectivity index (χ1n) is 5.77. The lowest BCUT2D eigenvalue weighted by atomic mass is 10.0.